The predicted molar refractivity (Wildman–Crippen MR) is 55.6 cm³/mol. The van der Waals surface area contributed by atoms with E-state index < -0.39 is 31.4 Å². The Kier molecular flexibility index (Phi) is 5.96. The lowest BCUT2D eigenvalue weighted by Crippen LogP contribution is -2.44. The van der Waals surface area contributed by atoms with Gasteiger partial charge in [0.15, 0.2) is 0 Å². The number of hydrogen-bond acceptors (Lipinski definition) is 3. The number of alkyl halides is 5. The molecule has 0 amide bonds. The maximum absolute atomic E-state index is 12.4. The Hall–Kier alpha value is -0.470. The largest absolute Gasteiger partial charge is 0.455 e. The average Bonchev–Trinajstić information content (AvgIpc) is 2.11. The van der Waals surface area contributed by atoms with Gasteiger partial charge in [-0.25, -0.2) is 0 Å². The molecule has 0 rings (SSSR count). The molecule has 0 aliphatic heterocycles. The molecule has 0 aromatic heterocycles. The second-order valence-corrected chi connectivity index (χ2v) is 5.00. The van der Waals surface area contributed by atoms with Gasteiger partial charge < -0.3 is 15.2 Å². The second-order valence-electron chi connectivity index (χ2n) is 5.00. The molecule has 0 spiro atoms. The van der Waals surface area contributed by atoms with Crippen LogP contribution in [-0.4, -0.2) is 48.6 Å². The molecule has 0 saturated heterocycles. The van der Waals surface area contributed by atoms with E-state index in [0.29, 0.717) is 0 Å². The Bertz CT molecular complexity index is 250. The lowest BCUT2D eigenvalue weighted by Gasteiger charge is -2.24. The Balaban J connectivity index is 3.92. The lowest BCUT2D eigenvalue weighted by molar-refractivity contribution is -0.297. The van der Waals surface area contributed by atoms with Crippen molar-refractivity contribution in [2.24, 2.45) is 0 Å². The van der Waals surface area contributed by atoms with E-state index >= 15 is 0 Å². The highest BCUT2D eigenvalue weighted by molar-refractivity contribution is 4.76. The van der Waals surface area contributed by atoms with E-state index in [1.165, 1.54) is 0 Å². The highest BCUT2D eigenvalue weighted by Crippen LogP contribution is 2.35. The fourth-order valence-electron chi connectivity index (χ4n) is 0.888. The van der Waals surface area contributed by atoms with Crippen molar-refractivity contribution in [2.75, 3.05) is 19.8 Å². The summed E-state index contributed by atoms with van der Waals surface area (Å²) in [6, 6.07) is 0. The Morgan fingerprint density at radius 3 is 2.00 bits per heavy atom. The first kappa shape index (κ1) is 17.5. The maximum Gasteiger partial charge on any atom is 0.455 e. The summed E-state index contributed by atoms with van der Waals surface area (Å²) in [5, 5.41) is 12.2. The van der Waals surface area contributed by atoms with Crippen LogP contribution in [0.25, 0.3) is 0 Å². The first-order valence-corrected chi connectivity index (χ1v) is 5.30. The zero-order chi connectivity index (χ0) is 14.6. The van der Waals surface area contributed by atoms with Gasteiger partial charge in [0.1, 0.15) is 6.61 Å². The normalized spacial score (nSPS) is 15.8. The summed E-state index contributed by atoms with van der Waals surface area (Å²) in [7, 11) is 0. The van der Waals surface area contributed by atoms with Gasteiger partial charge in [0, 0.05) is 12.1 Å². The number of nitrogens with one attached hydrogen (secondary N) is 1. The summed E-state index contributed by atoms with van der Waals surface area (Å²) in [6.07, 6.45) is -6.78. The minimum atomic E-state index is -5.64. The van der Waals surface area contributed by atoms with E-state index in [1.54, 1.807) is 0 Å². The van der Waals surface area contributed by atoms with Crippen molar-refractivity contribution in [1.29, 1.82) is 0 Å². The average molecular weight is 279 g/mol. The molecule has 0 aromatic rings. The van der Waals surface area contributed by atoms with Gasteiger partial charge in [0.25, 0.3) is 0 Å². The molecule has 0 saturated carbocycles. The minimum Gasteiger partial charge on any atom is -0.389 e. The maximum atomic E-state index is 12.4. The SMILES string of the molecule is CC(C)(C)NCC(O)COCC(F)(F)C(F)(F)F. The number of rotatable bonds is 6. The summed E-state index contributed by atoms with van der Waals surface area (Å²) >= 11 is 0. The van der Waals surface area contributed by atoms with Crippen LogP contribution in [-0.2, 0) is 4.74 Å². The first-order chi connectivity index (χ1) is 7.85. The Morgan fingerprint density at radius 1 is 1.11 bits per heavy atom. The zero-order valence-electron chi connectivity index (χ0n) is 10.4. The van der Waals surface area contributed by atoms with Crippen LogP contribution < -0.4 is 5.32 Å². The molecule has 8 heteroatoms. The van der Waals surface area contributed by atoms with E-state index in [1.807, 2.05) is 20.8 Å². The van der Waals surface area contributed by atoms with E-state index in [-0.39, 0.29) is 12.1 Å². The van der Waals surface area contributed by atoms with Crippen LogP contribution in [0, 0.1) is 0 Å². The molecule has 0 fully saturated rings. The smallest absolute Gasteiger partial charge is 0.389 e. The summed E-state index contributed by atoms with van der Waals surface area (Å²) in [5.74, 6) is -4.90. The Morgan fingerprint density at radius 2 is 1.61 bits per heavy atom. The molecule has 0 aromatic carbocycles. The third kappa shape index (κ3) is 7.07. The molecule has 1 unspecified atom stereocenters. The van der Waals surface area contributed by atoms with E-state index in [0.717, 1.165) is 0 Å². The fourth-order valence-corrected chi connectivity index (χ4v) is 0.888. The molecule has 1 atom stereocenters. The number of aliphatic hydroxyl groups is 1. The molecule has 0 radical (unpaired) electrons. The van der Waals surface area contributed by atoms with Crippen LogP contribution in [0.4, 0.5) is 22.0 Å². The van der Waals surface area contributed by atoms with E-state index in [2.05, 4.69) is 10.1 Å². The molecule has 0 aliphatic rings. The quantitative estimate of drug-likeness (QED) is 0.730. The fraction of sp³-hybridized carbons (Fsp3) is 1.00. The summed E-state index contributed by atoms with van der Waals surface area (Å²) < 4.78 is 64.3. The molecule has 0 bridgehead atoms. The van der Waals surface area contributed by atoms with Crippen LogP contribution in [0.1, 0.15) is 20.8 Å². The van der Waals surface area contributed by atoms with Crippen molar-refractivity contribution in [1.82, 2.24) is 5.32 Å². The molecule has 3 nitrogen and oxygen atoms in total. The highest BCUT2D eigenvalue weighted by atomic mass is 19.4. The monoisotopic (exact) mass is 279 g/mol. The number of halogens is 5. The number of ether oxygens (including phenoxy) is 1. The van der Waals surface area contributed by atoms with Crippen LogP contribution in [0.5, 0.6) is 0 Å². The molecule has 0 aliphatic carbocycles. The zero-order valence-corrected chi connectivity index (χ0v) is 10.4. The van der Waals surface area contributed by atoms with E-state index in [4.69, 9.17) is 0 Å². The topological polar surface area (TPSA) is 41.5 Å². The number of hydrogen-bond donors (Lipinski definition) is 2. The van der Waals surface area contributed by atoms with Crippen molar-refractivity contribution in [3.05, 3.63) is 0 Å². The third-order valence-corrected chi connectivity index (χ3v) is 1.88. The van der Waals surface area contributed by atoms with Gasteiger partial charge in [0.2, 0.25) is 0 Å². The third-order valence-electron chi connectivity index (χ3n) is 1.88. The van der Waals surface area contributed by atoms with Crippen LogP contribution >= 0.6 is 0 Å². The van der Waals surface area contributed by atoms with Crippen molar-refractivity contribution in [3.63, 3.8) is 0 Å². The molecule has 110 valence electrons. The molecule has 2 N–H and O–H groups in total. The molecular weight excluding hydrogens is 261 g/mol. The van der Waals surface area contributed by atoms with Crippen molar-refractivity contribution < 1.29 is 31.8 Å². The van der Waals surface area contributed by atoms with Gasteiger partial charge in [-0.2, -0.15) is 22.0 Å². The van der Waals surface area contributed by atoms with Crippen LogP contribution in [0.2, 0.25) is 0 Å². The minimum absolute atomic E-state index is 0.0427. The molecule has 0 heterocycles. The van der Waals surface area contributed by atoms with Gasteiger partial charge in [-0.15, -0.1) is 0 Å². The molecular formula is C10H18F5NO2. The van der Waals surface area contributed by atoms with Gasteiger partial charge >= 0.3 is 12.1 Å². The van der Waals surface area contributed by atoms with E-state index in [9.17, 15) is 27.1 Å². The standard InChI is InChI=1S/C10H18F5NO2/c1-8(2,3)16-4-7(17)5-18-6-9(11,12)10(13,14)15/h7,16-17H,4-6H2,1-3H3. The van der Waals surface area contributed by atoms with Gasteiger partial charge in [0.05, 0.1) is 12.7 Å². The Labute approximate surface area is 102 Å². The van der Waals surface area contributed by atoms with Gasteiger partial charge in [-0.05, 0) is 20.8 Å². The van der Waals surface area contributed by atoms with Gasteiger partial charge in [-0.1, -0.05) is 0 Å². The predicted octanol–water partition coefficient (Wildman–Crippen LogP) is 1.95. The van der Waals surface area contributed by atoms with Crippen molar-refractivity contribution in [3.8, 4) is 0 Å². The number of β-amino-alcohol motifs (C(OH)–C–C–N with tert-alkyl or cyclic N) is 1. The van der Waals surface area contributed by atoms with Crippen LogP contribution in [0.3, 0.4) is 0 Å². The molecule has 18 heavy (non-hydrogen) atoms. The van der Waals surface area contributed by atoms with Crippen molar-refractivity contribution >= 4 is 0 Å². The first-order valence-electron chi connectivity index (χ1n) is 5.30. The van der Waals surface area contributed by atoms with Gasteiger partial charge in [-0.3, -0.25) is 0 Å². The lowest BCUT2D eigenvalue weighted by atomic mass is 10.1. The summed E-state index contributed by atoms with van der Waals surface area (Å²) in [6.45, 7) is 3.12. The number of aliphatic hydroxyl groups excluding tert-OH is 1. The summed E-state index contributed by atoms with van der Waals surface area (Å²) in [5.41, 5.74) is -0.295. The van der Waals surface area contributed by atoms with Crippen LogP contribution in [0.15, 0.2) is 0 Å². The van der Waals surface area contributed by atoms with Crippen molar-refractivity contribution in [2.45, 2.75) is 44.5 Å². The highest BCUT2D eigenvalue weighted by Gasteiger charge is 2.57. The summed E-state index contributed by atoms with van der Waals surface area (Å²) in [4.78, 5) is 0. The second kappa shape index (κ2) is 6.12.